The summed E-state index contributed by atoms with van der Waals surface area (Å²) in [5.74, 6) is 0. The van der Waals surface area contributed by atoms with Crippen LogP contribution in [0, 0.1) is 11.3 Å². The normalized spacial score (nSPS) is 12.1. The highest BCUT2D eigenvalue weighted by Gasteiger charge is 2.09. The Hall–Kier alpha value is -1.33. The molecule has 2 nitrogen and oxygen atoms in total. The Bertz CT molecular complexity index is 339. The van der Waals surface area contributed by atoms with Gasteiger partial charge in [0.15, 0.2) is 0 Å². The molecule has 80 valence electrons. The second-order valence-corrected chi connectivity index (χ2v) is 3.80. The topological polar surface area (TPSA) is 49.8 Å². The van der Waals surface area contributed by atoms with Crippen molar-refractivity contribution in [1.29, 1.82) is 5.26 Å². The molecule has 0 radical (unpaired) electrons. The summed E-state index contributed by atoms with van der Waals surface area (Å²) < 4.78 is 0. The SMILES string of the molecule is CCCCC[C@H](N)c1ccccc1C#N. The first-order valence-electron chi connectivity index (χ1n) is 5.54. The van der Waals surface area contributed by atoms with Gasteiger partial charge in [-0.05, 0) is 18.1 Å². The molecule has 0 unspecified atom stereocenters. The quantitative estimate of drug-likeness (QED) is 0.746. The molecule has 0 spiro atoms. The van der Waals surface area contributed by atoms with Gasteiger partial charge in [-0.25, -0.2) is 0 Å². The number of nitriles is 1. The van der Waals surface area contributed by atoms with E-state index in [-0.39, 0.29) is 6.04 Å². The molecule has 2 heteroatoms. The number of nitrogens with two attached hydrogens (primary N) is 1. The van der Waals surface area contributed by atoms with Gasteiger partial charge in [-0.2, -0.15) is 5.26 Å². The van der Waals surface area contributed by atoms with Gasteiger partial charge in [-0.15, -0.1) is 0 Å². The van der Waals surface area contributed by atoms with Gasteiger partial charge >= 0.3 is 0 Å². The molecule has 2 N–H and O–H groups in total. The van der Waals surface area contributed by atoms with Gasteiger partial charge in [0, 0.05) is 6.04 Å². The number of nitrogens with zero attached hydrogens (tertiary/aromatic N) is 1. The zero-order valence-electron chi connectivity index (χ0n) is 9.24. The zero-order chi connectivity index (χ0) is 11.1. The predicted octanol–water partition coefficient (Wildman–Crippen LogP) is 3.14. The third-order valence-corrected chi connectivity index (χ3v) is 2.60. The first kappa shape index (κ1) is 11.7. The van der Waals surface area contributed by atoms with E-state index in [4.69, 9.17) is 11.0 Å². The first-order valence-corrected chi connectivity index (χ1v) is 5.54. The van der Waals surface area contributed by atoms with E-state index in [0.29, 0.717) is 5.56 Å². The number of benzene rings is 1. The van der Waals surface area contributed by atoms with Crippen LogP contribution in [0.4, 0.5) is 0 Å². The molecule has 0 bridgehead atoms. The molecular formula is C13H18N2. The summed E-state index contributed by atoms with van der Waals surface area (Å²) in [6, 6.07) is 9.79. The third kappa shape index (κ3) is 3.38. The van der Waals surface area contributed by atoms with Crippen LogP contribution in [0.25, 0.3) is 0 Å². The molecule has 1 aromatic carbocycles. The lowest BCUT2D eigenvalue weighted by atomic mass is 9.97. The van der Waals surface area contributed by atoms with Crippen molar-refractivity contribution in [2.24, 2.45) is 5.73 Å². The average Bonchev–Trinajstić information content (AvgIpc) is 2.29. The van der Waals surface area contributed by atoms with Crippen molar-refractivity contribution in [2.45, 2.75) is 38.6 Å². The molecule has 0 saturated heterocycles. The maximum atomic E-state index is 8.93. The highest BCUT2D eigenvalue weighted by Crippen LogP contribution is 2.20. The lowest BCUT2D eigenvalue weighted by molar-refractivity contribution is 0.580. The van der Waals surface area contributed by atoms with Crippen LogP contribution in [0.15, 0.2) is 24.3 Å². The summed E-state index contributed by atoms with van der Waals surface area (Å²) in [5, 5.41) is 8.93. The van der Waals surface area contributed by atoms with Crippen molar-refractivity contribution >= 4 is 0 Å². The van der Waals surface area contributed by atoms with E-state index in [1.165, 1.54) is 12.8 Å². The fourth-order valence-corrected chi connectivity index (χ4v) is 1.69. The van der Waals surface area contributed by atoms with Crippen molar-refractivity contribution in [1.82, 2.24) is 0 Å². The van der Waals surface area contributed by atoms with Gasteiger partial charge in [0.25, 0.3) is 0 Å². The molecule has 0 saturated carbocycles. The Morgan fingerprint density at radius 2 is 2.07 bits per heavy atom. The molecule has 0 aliphatic rings. The largest absolute Gasteiger partial charge is 0.324 e. The summed E-state index contributed by atoms with van der Waals surface area (Å²) in [6.07, 6.45) is 4.51. The van der Waals surface area contributed by atoms with E-state index < -0.39 is 0 Å². The first-order chi connectivity index (χ1) is 7.29. The standard InChI is InChI=1S/C13H18N2/c1-2-3-4-9-13(15)12-8-6-5-7-11(12)10-14/h5-8,13H,2-4,9,15H2,1H3/t13-/m0/s1. The van der Waals surface area contributed by atoms with E-state index in [1.807, 2.05) is 24.3 Å². The van der Waals surface area contributed by atoms with Gasteiger partial charge in [0.1, 0.15) is 0 Å². The molecule has 0 amide bonds. The van der Waals surface area contributed by atoms with Crippen molar-refractivity contribution in [3.8, 4) is 6.07 Å². The van der Waals surface area contributed by atoms with Gasteiger partial charge in [-0.1, -0.05) is 44.4 Å². The molecular weight excluding hydrogens is 184 g/mol. The van der Waals surface area contributed by atoms with Gasteiger partial charge < -0.3 is 5.73 Å². The third-order valence-electron chi connectivity index (χ3n) is 2.60. The van der Waals surface area contributed by atoms with Crippen molar-refractivity contribution in [3.63, 3.8) is 0 Å². The molecule has 1 atom stereocenters. The van der Waals surface area contributed by atoms with Crippen LogP contribution in [0.2, 0.25) is 0 Å². The van der Waals surface area contributed by atoms with Gasteiger partial charge in [0.2, 0.25) is 0 Å². The van der Waals surface area contributed by atoms with Crippen LogP contribution in [-0.2, 0) is 0 Å². The monoisotopic (exact) mass is 202 g/mol. The lowest BCUT2D eigenvalue weighted by Crippen LogP contribution is -2.11. The van der Waals surface area contributed by atoms with Gasteiger partial charge in [0.05, 0.1) is 11.6 Å². The molecule has 0 aliphatic carbocycles. The summed E-state index contributed by atoms with van der Waals surface area (Å²) in [7, 11) is 0. The lowest BCUT2D eigenvalue weighted by Gasteiger charge is -2.12. The molecule has 0 heterocycles. The Labute approximate surface area is 91.7 Å². The summed E-state index contributed by atoms with van der Waals surface area (Å²) >= 11 is 0. The Balaban J connectivity index is 2.65. The number of hydrogen-bond donors (Lipinski definition) is 1. The fourth-order valence-electron chi connectivity index (χ4n) is 1.69. The van der Waals surface area contributed by atoms with Crippen LogP contribution >= 0.6 is 0 Å². The summed E-state index contributed by atoms with van der Waals surface area (Å²) in [4.78, 5) is 0. The number of unbranched alkanes of at least 4 members (excludes halogenated alkanes) is 2. The minimum absolute atomic E-state index is 0.00685. The van der Waals surface area contributed by atoms with Crippen LogP contribution in [0.3, 0.4) is 0 Å². The predicted molar refractivity (Wildman–Crippen MR) is 62.2 cm³/mol. The molecule has 0 aliphatic heterocycles. The summed E-state index contributed by atoms with van der Waals surface area (Å²) in [6.45, 7) is 2.18. The van der Waals surface area contributed by atoms with Crippen molar-refractivity contribution in [2.75, 3.05) is 0 Å². The van der Waals surface area contributed by atoms with E-state index in [2.05, 4.69) is 13.0 Å². The molecule has 0 aromatic heterocycles. The molecule has 15 heavy (non-hydrogen) atoms. The number of rotatable bonds is 5. The smallest absolute Gasteiger partial charge is 0.0995 e. The zero-order valence-corrected chi connectivity index (χ0v) is 9.24. The minimum atomic E-state index is 0.00685. The van der Waals surface area contributed by atoms with E-state index in [9.17, 15) is 0 Å². The van der Waals surface area contributed by atoms with Crippen LogP contribution in [0.5, 0.6) is 0 Å². The van der Waals surface area contributed by atoms with Crippen molar-refractivity contribution in [3.05, 3.63) is 35.4 Å². The second-order valence-electron chi connectivity index (χ2n) is 3.80. The highest BCUT2D eigenvalue weighted by molar-refractivity contribution is 5.39. The van der Waals surface area contributed by atoms with E-state index in [0.717, 1.165) is 18.4 Å². The number of hydrogen-bond acceptors (Lipinski definition) is 2. The maximum absolute atomic E-state index is 8.93. The van der Waals surface area contributed by atoms with Crippen LogP contribution in [0.1, 0.15) is 49.8 Å². The second kappa shape index (κ2) is 6.21. The minimum Gasteiger partial charge on any atom is -0.324 e. The average molecular weight is 202 g/mol. The van der Waals surface area contributed by atoms with E-state index >= 15 is 0 Å². The Morgan fingerprint density at radius 1 is 1.33 bits per heavy atom. The Morgan fingerprint density at radius 3 is 2.73 bits per heavy atom. The Kier molecular flexibility index (Phi) is 4.86. The van der Waals surface area contributed by atoms with Crippen molar-refractivity contribution < 1.29 is 0 Å². The molecule has 1 rings (SSSR count). The summed E-state index contributed by atoms with van der Waals surface area (Å²) in [5.41, 5.74) is 7.75. The van der Waals surface area contributed by atoms with Gasteiger partial charge in [-0.3, -0.25) is 0 Å². The maximum Gasteiger partial charge on any atom is 0.0995 e. The fraction of sp³-hybridized carbons (Fsp3) is 0.462. The molecule has 0 fully saturated rings. The van der Waals surface area contributed by atoms with Crippen LogP contribution in [-0.4, -0.2) is 0 Å². The van der Waals surface area contributed by atoms with E-state index in [1.54, 1.807) is 0 Å². The highest BCUT2D eigenvalue weighted by atomic mass is 14.6. The van der Waals surface area contributed by atoms with Crippen LogP contribution < -0.4 is 5.73 Å². The molecule has 1 aromatic rings.